The van der Waals surface area contributed by atoms with Gasteiger partial charge in [0.15, 0.2) is 0 Å². The highest BCUT2D eigenvalue weighted by atomic mass is 16.5. The van der Waals surface area contributed by atoms with E-state index in [-0.39, 0.29) is 0 Å². The van der Waals surface area contributed by atoms with Crippen LogP contribution in [0.3, 0.4) is 0 Å². The number of nitrogens with one attached hydrogen (secondary N) is 1. The molecule has 1 rings (SSSR count). The highest BCUT2D eigenvalue weighted by Gasteiger charge is 2.25. The molecule has 0 aromatic rings. The lowest BCUT2D eigenvalue weighted by Gasteiger charge is -2.21. The highest BCUT2D eigenvalue weighted by Crippen LogP contribution is 2.21. The van der Waals surface area contributed by atoms with Crippen molar-refractivity contribution >= 4 is 0 Å². The van der Waals surface area contributed by atoms with Gasteiger partial charge < -0.3 is 14.8 Å². The molecule has 0 aromatic heterocycles. The molecule has 3 heteroatoms. The van der Waals surface area contributed by atoms with Crippen LogP contribution in [0, 0.1) is 0 Å². The third-order valence-electron chi connectivity index (χ3n) is 3.05. The zero-order chi connectivity index (χ0) is 10.4. The smallest absolute Gasteiger partial charge is 0.0615 e. The fourth-order valence-electron chi connectivity index (χ4n) is 2.12. The van der Waals surface area contributed by atoms with Gasteiger partial charge in [0.25, 0.3) is 0 Å². The van der Waals surface area contributed by atoms with E-state index in [4.69, 9.17) is 9.47 Å². The van der Waals surface area contributed by atoms with Crippen LogP contribution < -0.4 is 5.32 Å². The summed E-state index contributed by atoms with van der Waals surface area (Å²) in [7, 11) is 3.57. The standard InChI is InChI=1S/C11H23NO2/c1-4-9(8-13-2)12-10-5-6-11(7-10)14-3/h9-12H,4-8H2,1-3H3. The zero-order valence-electron chi connectivity index (χ0n) is 9.58. The normalized spacial score (nSPS) is 29.4. The minimum atomic E-state index is 0.465. The van der Waals surface area contributed by atoms with Gasteiger partial charge in [-0.25, -0.2) is 0 Å². The predicted molar refractivity (Wildman–Crippen MR) is 57.5 cm³/mol. The highest BCUT2D eigenvalue weighted by molar-refractivity contribution is 4.83. The fraction of sp³-hybridized carbons (Fsp3) is 1.00. The second kappa shape index (κ2) is 6.38. The lowest BCUT2D eigenvalue weighted by molar-refractivity contribution is 0.104. The van der Waals surface area contributed by atoms with Crippen molar-refractivity contribution < 1.29 is 9.47 Å². The average molecular weight is 201 g/mol. The van der Waals surface area contributed by atoms with Gasteiger partial charge in [-0.05, 0) is 25.7 Å². The molecule has 1 saturated carbocycles. The van der Waals surface area contributed by atoms with Crippen LogP contribution in [0.4, 0.5) is 0 Å². The van der Waals surface area contributed by atoms with Gasteiger partial charge in [0.1, 0.15) is 0 Å². The summed E-state index contributed by atoms with van der Waals surface area (Å²) < 4.78 is 10.5. The van der Waals surface area contributed by atoms with Crippen molar-refractivity contribution in [2.24, 2.45) is 0 Å². The largest absolute Gasteiger partial charge is 0.383 e. The molecule has 3 nitrogen and oxygen atoms in total. The van der Waals surface area contributed by atoms with Crippen LogP contribution in [0.15, 0.2) is 0 Å². The van der Waals surface area contributed by atoms with Crippen LogP contribution in [0.25, 0.3) is 0 Å². The molecule has 0 radical (unpaired) electrons. The lowest BCUT2D eigenvalue weighted by Crippen LogP contribution is -2.39. The van der Waals surface area contributed by atoms with E-state index in [2.05, 4.69) is 12.2 Å². The van der Waals surface area contributed by atoms with E-state index >= 15 is 0 Å². The predicted octanol–water partition coefficient (Wildman–Crippen LogP) is 1.57. The minimum absolute atomic E-state index is 0.465. The Morgan fingerprint density at radius 3 is 2.64 bits per heavy atom. The third-order valence-corrected chi connectivity index (χ3v) is 3.05. The topological polar surface area (TPSA) is 30.5 Å². The molecule has 3 unspecified atom stereocenters. The molecule has 84 valence electrons. The van der Waals surface area contributed by atoms with Crippen molar-refractivity contribution in [3.63, 3.8) is 0 Å². The van der Waals surface area contributed by atoms with Gasteiger partial charge in [-0.15, -0.1) is 0 Å². The monoisotopic (exact) mass is 201 g/mol. The van der Waals surface area contributed by atoms with Crippen molar-refractivity contribution in [1.82, 2.24) is 5.32 Å². The minimum Gasteiger partial charge on any atom is -0.383 e. The van der Waals surface area contributed by atoms with Gasteiger partial charge in [0.2, 0.25) is 0 Å². The molecular formula is C11H23NO2. The molecule has 1 N–H and O–H groups in total. The van der Waals surface area contributed by atoms with Crippen LogP contribution in [-0.2, 0) is 9.47 Å². The number of rotatable bonds is 6. The summed E-state index contributed by atoms with van der Waals surface area (Å²) in [6, 6.07) is 1.13. The maximum atomic E-state index is 5.35. The first-order valence-corrected chi connectivity index (χ1v) is 5.57. The average Bonchev–Trinajstić information content (AvgIpc) is 2.65. The van der Waals surface area contributed by atoms with Crippen LogP contribution in [0.5, 0.6) is 0 Å². The molecule has 0 heterocycles. The Kier molecular flexibility index (Phi) is 5.45. The third kappa shape index (κ3) is 3.56. The van der Waals surface area contributed by atoms with Crippen LogP contribution >= 0.6 is 0 Å². The van der Waals surface area contributed by atoms with Crippen molar-refractivity contribution in [1.29, 1.82) is 0 Å². The molecule has 0 saturated heterocycles. The summed E-state index contributed by atoms with van der Waals surface area (Å²) in [6.07, 6.45) is 5.17. The summed E-state index contributed by atoms with van der Waals surface area (Å²) in [5, 5.41) is 3.63. The van der Waals surface area contributed by atoms with E-state index in [1.807, 2.05) is 0 Å². The van der Waals surface area contributed by atoms with Gasteiger partial charge in [0.05, 0.1) is 12.7 Å². The van der Waals surface area contributed by atoms with E-state index in [0.29, 0.717) is 18.2 Å². The molecule has 14 heavy (non-hydrogen) atoms. The quantitative estimate of drug-likeness (QED) is 0.707. The molecule has 1 fully saturated rings. The summed E-state index contributed by atoms with van der Waals surface area (Å²) in [4.78, 5) is 0. The second-order valence-corrected chi connectivity index (χ2v) is 4.09. The maximum absolute atomic E-state index is 5.35. The Hall–Kier alpha value is -0.120. The van der Waals surface area contributed by atoms with Crippen molar-refractivity contribution in [2.45, 2.75) is 50.8 Å². The van der Waals surface area contributed by atoms with Crippen molar-refractivity contribution in [2.75, 3.05) is 20.8 Å². The van der Waals surface area contributed by atoms with E-state index in [1.54, 1.807) is 14.2 Å². The Balaban J connectivity index is 2.22. The van der Waals surface area contributed by atoms with Crippen LogP contribution in [-0.4, -0.2) is 39.0 Å². The van der Waals surface area contributed by atoms with E-state index in [0.717, 1.165) is 19.4 Å². The summed E-state index contributed by atoms with van der Waals surface area (Å²) in [5.74, 6) is 0. The van der Waals surface area contributed by atoms with Crippen LogP contribution in [0.1, 0.15) is 32.6 Å². The molecule has 3 atom stereocenters. The second-order valence-electron chi connectivity index (χ2n) is 4.09. The maximum Gasteiger partial charge on any atom is 0.0615 e. The van der Waals surface area contributed by atoms with Gasteiger partial charge in [-0.1, -0.05) is 6.92 Å². The summed E-state index contributed by atoms with van der Waals surface area (Å²) >= 11 is 0. The Morgan fingerprint density at radius 2 is 2.14 bits per heavy atom. The van der Waals surface area contributed by atoms with E-state index in [9.17, 15) is 0 Å². The molecule has 1 aliphatic carbocycles. The first-order chi connectivity index (χ1) is 6.80. The van der Waals surface area contributed by atoms with Gasteiger partial charge >= 0.3 is 0 Å². The molecule has 0 spiro atoms. The fourth-order valence-corrected chi connectivity index (χ4v) is 2.12. The van der Waals surface area contributed by atoms with E-state index < -0.39 is 0 Å². The molecule has 0 bridgehead atoms. The Morgan fingerprint density at radius 1 is 1.36 bits per heavy atom. The van der Waals surface area contributed by atoms with E-state index in [1.165, 1.54) is 12.8 Å². The lowest BCUT2D eigenvalue weighted by atomic mass is 10.1. The molecule has 0 amide bonds. The Bertz CT molecular complexity index is 152. The number of ether oxygens (including phenoxy) is 2. The van der Waals surface area contributed by atoms with Gasteiger partial charge in [-0.3, -0.25) is 0 Å². The first kappa shape index (κ1) is 12.0. The van der Waals surface area contributed by atoms with Gasteiger partial charge in [0, 0.05) is 26.3 Å². The molecule has 0 aromatic carbocycles. The zero-order valence-corrected chi connectivity index (χ0v) is 9.58. The Labute approximate surface area is 87.2 Å². The summed E-state index contributed by atoms with van der Waals surface area (Å²) in [5.41, 5.74) is 0. The van der Waals surface area contributed by atoms with Crippen molar-refractivity contribution in [3.8, 4) is 0 Å². The number of hydrogen-bond acceptors (Lipinski definition) is 3. The van der Waals surface area contributed by atoms with Crippen molar-refractivity contribution in [3.05, 3.63) is 0 Å². The SMILES string of the molecule is CCC(COC)NC1CCC(OC)C1. The first-order valence-electron chi connectivity index (χ1n) is 5.57. The summed E-state index contributed by atoms with van der Waals surface area (Å²) in [6.45, 7) is 3.00. The number of hydrogen-bond donors (Lipinski definition) is 1. The number of methoxy groups -OCH3 is 2. The molecular weight excluding hydrogens is 178 g/mol. The molecule has 1 aliphatic rings. The van der Waals surface area contributed by atoms with Gasteiger partial charge in [-0.2, -0.15) is 0 Å². The molecule has 0 aliphatic heterocycles. The van der Waals surface area contributed by atoms with Crippen LogP contribution in [0.2, 0.25) is 0 Å².